The number of morpholine rings is 1. The minimum absolute atomic E-state index is 0.0942. The Labute approximate surface area is 174 Å². The van der Waals surface area contributed by atoms with Crippen molar-refractivity contribution in [2.45, 2.75) is 13.0 Å². The number of furan rings is 1. The lowest BCUT2D eigenvalue weighted by atomic mass is 10.1. The van der Waals surface area contributed by atoms with E-state index in [0.717, 1.165) is 60.4 Å². The molecule has 0 saturated carbocycles. The number of fused-ring (bicyclic) bond motifs is 1. The summed E-state index contributed by atoms with van der Waals surface area (Å²) in [7, 11) is 0. The van der Waals surface area contributed by atoms with Gasteiger partial charge in [0.25, 0.3) is 0 Å². The van der Waals surface area contributed by atoms with Crippen molar-refractivity contribution in [3.8, 4) is 5.69 Å². The fourth-order valence-electron chi connectivity index (χ4n) is 3.87. The number of aromatic nitrogens is 4. The molecule has 1 aromatic carbocycles. The van der Waals surface area contributed by atoms with Gasteiger partial charge in [-0.3, -0.25) is 4.90 Å². The van der Waals surface area contributed by atoms with Crippen LogP contribution in [0, 0.1) is 6.92 Å². The van der Waals surface area contributed by atoms with Gasteiger partial charge < -0.3 is 14.5 Å². The largest absolute Gasteiger partial charge is 0.465 e. The van der Waals surface area contributed by atoms with Crippen LogP contribution in [0.1, 0.15) is 17.6 Å². The van der Waals surface area contributed by atoms with E-state index >= 15 is 0 Å². The molecule has 1 N–H and O–H groups in total. The Balaban J connectivity index is 1.42. The first-order valence-corrected chi connectivity index (χ1v) is 10.2. The monoisotopic (exact) mass is 404 g/mol. The Hall–Kier alpha value is -3.23. The van der Waals surface area contributed by atoms with Crippen LogP contribution in [-0.4, -0.2) is 57.5 Å². The third-order valence-corrected chi connectivity index (χ3v) is 5.41. The Morgan fingerprint density at radius 3 is 2.67 bits per heavy atom. The van der Waals surface area contributed by atoms with Crippen molar-refractivity contribution in [2.24, 2.45) is 0 Å². The fraction of sp³-hybridized carbons (Fsp3) is 0.318. The highest BCUT2D eigenvalue weighted by atomic mass is 16.5. The zero-order valence-electron chi connectivity index (χ0n) is 16.9. The summed E-state index contributed by atoms with van der Waals surface area (Å²) >= 11 is 0. The highest BCUT2D eigenvalue weighted by molar-refractivity contribution is 5.87. The average molecular weight is 404 g/mol. The predicted octanol–water partition coefficient (Wildman–Crippen LogP) is 3.20. The molecule has 0 aliphatic carbocycles. The Kier molecular flexibility index (Phi) is 5.17. The Morgan fingerprint density at radius 2 is 1.90 bits per heavy atom. The van der Waals surface area contributed by atoms with Crippen LogP contribution >= 0.6 is 0 Å². The highest BCUT2D eigenvalue weighted by Gasteiger charge is 2.25. The summed E-state index contributed by atoms with van der Waals surface area (Å²) in [6.07, 6.45) is 3.39. The van der Waals surface area contributed by atoms with Crippen molar-refractivity contribution in [3.63, 3.8) is 0 Å². The molecule has 154 valence electrons. The molecule has 3 aromatic heterocycles. The second-order valence-electron chi connectivity index (χ2n) is 7.34. The third-order valence-electron chi connectivity index (χ3n) is 5.41. The summed E-state index contributed by atoms with van der Waals surface area (Å²) in [6.45, 7) is 5.85. The minimum Gasteiger partial charge on any atom is -0.465 e. The van der Waals surface area contributed by atoms with Crippen molar-refractivity contribution in [1.82, 2.24) is 24.6 Å². The summed E-state index contributed by atoms with van der Waals surface area (Å²) < 4.78 is 13.3. The van der Waals surface area contributed by atoms with E-state index in [4.69, 9.17) is 9.15 Å². The molecule has 8 heteroatoms. The van der Waals surface area contributed by atoms with Crippen molar-refractivity contribution in [3.05, 3.63) is 66.5 Å². The maximum absolute atomic E-state index is 5.97. The van der Waals surface area contributed by atoms with E-state index in [1.807, 2.05) is 54.2 Å². The summed E-state index contributed by atoms with van der Waals surface area (Å²) in [6, 6.07) is 14.1. The second kappa shape index (κ2) is 8.25. The molecule has 4 heterocycles. The van der Waals surface area contributed by atoms with Gasteiger partial charge in [0.1, 0.15) is 23.7 Å². The number of nitrogens with one attached hydrogen (secondary N) is 1. The molecule has 1 atom stereocenters. The van der Waals surface area contributed by atoms with E-state index in [1.54, 1.807) is 6.33 Å². The number of rotatable bonds is 6. The van der Waals surface area contributed by atoms with Gasteiger partial charge in [0.2, 0.25) is 0 Å². The number of nitrogens with zero attached hydrogens (tertiary/aromatic N) is 5. The van der Waals surface area contributed by atoms with E-state index < -0.39 is 0 Å². The van der Waals surface area contributed by atoms with Crippen LogP contribution in [0.2, 0.25) is 0 Å². The van der Waals surface area contributed by atoms with Gasteiger partial charge in [-0.25, -0.2) is 14.6 Å². The molecule has 0 bridgehead atoms. The number of hydrogen-bond donors (Lipinski definition) is 1. The lowest BCUT2D eigenvalue weighted by Crippen LogP contribution is -2.41. The molecule has 1 unspecified atom stereocenters. The minimum atomic E-state index is 0.0942. The quantitative estimate of drug-likeness (QED) is 0.528. The first-order chi connectivity index (χ1) is 14.8. The number of anilines is 1. The van der Waals surface area contributed by atoms with Gasteiger partial charge in [-0.05, 0) is 31.2 Å². The van der Waals surface area contributed by atoms with Crippen molar-refractivity contribution >= 4 is 16.9 Å². The van der Waals surface area contributed by atoms with Crippen LogP contribution in [0.25, 0.3) is 16.7 Å². The smallest absolute Gasteiger partial charge is 0.168 e. The standard InChI is InChI=1S/C22H24N6O2/c1-16-7-8-20(30-16)19(27-9-11-29-12-10-27)14-23-21-18-13-26-28(22(18)25-15-24-21)17-5-3-2-4-6-17/h2-8,13,15,19H,9-12,14H2,1H3,(H,23,24,25). The summed E-state index contributed by atoms with van der Waals surface area (Å²) in [5.41, 5.74) is 1.74. The SMILES string of the molecule is Cc1ccc(C(CNc2ncnc3c2cnn3-c2ccccc2)N2CCOCC2)o1. The van der Waals surface area contributed by atoms with E-state index in [9.17, 15) is 0 Å². The van der Waals surface area contributed by atoms with Crippen LogP contribution in [0.15, 0.2) is 59.4 Å². The molecule has 1 aliphatic rings. The lowest BCUT2D eigenvalue weighted by molar-refractivity contribution is 0.0143. The lowest BCUT2D eigenvalue weighted by Gasteiger charge is -2.33. The zero-order valence-corrected chi connectivity index (χ0v) is 16.9. The van der Waals surface area contributed by atoms with E-state index in [-0.39, 0.29) is 6.04 Å². The molecular formula is C22H24N6O2. The van der Waals surface area contributed by atoms with Gasteiger partial charge in [-0.1, -0.05) is 18.2 Å². The Morgan fingerprint density at radius 1 is 1.07 bits per heavy atom. The maximum Gasteiger partial charge on any atom is 0.168 e. The molecule has 1 fully saturated rings. The molecular weight excluding hydrogens is 380 g/mol. The first-order valence-electron chi connectivity index (χ1n) is 10.2. The Bertz CT molecular complexity index is 1120. The van der Waals surface area contributed by atoms with E-state index in [0.29, 0.717) is 6.54 Å². The second-order valence-corrected chi connectivity index (χ2v) is 7.34. The molecule has 1 aliphatic heterocycles. The number of aryl methyl sites for hydroxylation is 1. The van der Waals surface area contributed by atoms with Gasteiger partial charge in [0.05, 0.1) is 36.5 Å². The number of ether oxygens (including phenoxy) is 1. The summed E-state index contributed by atoms with van der Waals surface area (Å²) in [5, 5.41) is 8.93. The topological polar surface area (TPSA) is 81.2 Å². The number of benzene rings is 1. The number of hydrogen-bond acceptors (Lipinski definition) is 7. The van der Waals surface area contributed by atoms with Crippen molar-refractivity contribution in [2.75, 3.05) is 38.2 Å². The van der Waals surface area contributed by atoms with Gasteiger partial charge in [-0.2, -0.15) is 5.10 Å². The van der Waals surface area contributed by atoms with Gasteiger partial charge in [0.15, 0.2) is 5.65 Å². The molecule has 30 heavy (non-hydrogen) atoms. The predicted molar refractivity (Wildman–Crippen MR) is 114 cm³/mol. The van der Waals surface area contributed by atoms with Gasteiger partial charge in [-0.15, -0.1) is 0 Å². The summed E-state index contributed by atoms with van der Waals surface area (Å²) in [4.78, 5) is 11.3. The van der Waals surface area contributed by atoms with Crippen LogP contribution in [-0.2, 0) is 4.74 Å². The number of para-hydroxylation sites is 1. The zero-order chi connectivity index (χ0) is 20.3. The van der Waals surface area contributed by atoms with Gasteiger partial charge in [0, 0.05) is 19.6 Å². The molecule has 5 rings (SSSR count). The highest BCUT2D eigenvalue weighted by Crippen LogP contribution is 2.26. The van der Waals surface area contributed by atoms with Crippen molar-refractivity contribution < 1.29 is 9.15 Å². The normalized spacial score (nSPS) is 16.0. The van der Waals surface area contributed by atoms with E-state index in [1.165, 1.54) is 0 Å². The average Bonchev–Trinajstić information content (AvgIpc) is 3.42. The molecule has 1 saturated heterocycles. The van der Waals surface area contributed by atoms with Crippen LogP contribution in [0.5, 0.6) is 0 Å². The van der Waals surface area contributed by atoms with Crippen LogP contribution in [0.3, 0.4) is 0 Å². The first kappa shape index (κ1) is 18.8. The molecule has 0 radical (unpaired) electrons. The van der Waals surface area contributed by atoms with Gasteiger partial charge >= 0.3 is 0 Å². The van der Waals surface area contributed by atoms with E-state index in [2.05, 4.69) is 31.3 Å². The van der Waals surface area contributed by atoms with Crippen molar-refractivity contribution in [1.29, 1.82) is 0 Å². The van der Waals surface area contributed by atoms with Crippen LogP contribution < -0.4 is 5.32 Å². The molecule has 0 spiro atoms. The fourth-order valence-corrected chi connectivity index (χ4v) is 3.87. The summed E-state index contributed by atoms with van der Waals surface area (Å²) in [5.74, 6) is 2.63. The van der Waals surface area contributed by atoms with Crippen LogP contribution in [0.4, 0.5) is 5.82 Å². The third kappa shape index (κ3) is 3.67. The maximum atomic E-state index is 5.97. The molecule has 8 nitrogen and oxygen atoms in total. The molecule has 0 amide bonds. The molecule has 4 aromatic rings.